The van der Waals surface area contributed by atoms with Crippen molar-refractivity contribution in [2.24, 2.45) is 0 Å². The van der Waals surface area contributed by atoms with Crippen LogP contribution in [0.3, 0.4) is 0 Å². The van der Waals surface area contributed by atoms with Crippen LogP contribution in [-0.2, 0) is 0 Å². The zero-order valence-corrected chi connectivity index (χ0v) is 22.1. The lowest BCUT2D eigenvalue weighted by Crippen LogP contribution is -1.95. The van der Waals surface area contributed by atoms with Crippen LogP contribution in [0.25, 0.3) is 71.9 Å². The van der Waals surface area contributed by atoms with Crippen LogP contribution >= 0.6 is 0 Å². The van der Waals surface area contributed by atoms with E-state index in [0.717, 1.165) is 50.2 Å². The number of pyridine rings is 3. The van der Waals surface area contributed by atoms with Gasteiger partial charge in [-0.1, -0.05) is 66.7 Å². The summed E-state index contributed by atoms with van der Waals surface area (Å²) < 4.78 is 2.30. The summed E-state index contributed by atoms with van der Waals surface area (Å²) in [7, 11) is 0. The van der Waals surface area contributed by atoms with Gasteiger partial charge in [0, 0.05) is 52.4 Å². The van der Waals surface area contributed by atoms with Crippen LogP contribution in [0.1, 0.15) is 0 Å². The molecule has 0 unspecified atom stereocenters. The standard InChI is InChI=1S/C37H24N4/c1-2-6-28-21-29(10-9-25(28)5-1)30-22-34(40-35(23-30)27-15-18-38-19-16-27)26-11-13-31(14-12-26)41-36-8-4-3-7-32(36)33-24-39-20-17-37(33)41/h1-24H. The quantitative estimate of drug-likeness (QED) is 0.231. The average Bonchev–Trinajstić information content (AvgIpc) is 3.39. The van der Waals surface area contributed by atoms with E-state index in [0.29, 0.717) is 0 Å². The third-order valence-electron chi connectivity index (χ3n) is 7.78. The monoisotopic (exact) mass is 524 g/mol. The van der Waals surface area contributed by atoms with E-state index in [1.165, 1.54) is 21.7 Å². The van der Waals surface area contributed by atoms with Crippen LogP contribution in [-0.4, -0.2) is 19.5 Å². The van der Waals surface area contributed by atoms with Crippen LogP contribution in [0.2, 0.25) is 0 Å². The predicted molar refractivity (Wildman–Crippen MR) is 168 cm³/mol. The van der Waals surface area contributed by atoms with Crippen molar-refractivity contribution in [3.05, 3.63) is 146 Å². The second kappa shape index (κ2) is 9.54. The molecule has 4 heterocycles. The molecule has 0 bridgehead atoms. The topological polar surface area (TPSA) is 43.6 Å². The van der Waals surface area contributed by atoms with E-state index < -0.39 is 0 Å². The van der Waals surface area contributed by atoms with Crippen molar-refractivity contribution in [3.8, 4) is 39.3 Å². The highest BCUT2D eigenvalue weighted by molar-refractivity contribution is 6.08. The highest BCUT2D eigenvalue weighted by Crippen LogP contribution is 2.34. The van der Waals surface area contributed by atoms with Gasteiger partial charge in [-0.05, 0) is 76.5 Å². The lowest BCUT2D eigenvalue weighted by molar-refractivity contribution is 1.17. The summed E-state index contributed by atoms with van der Waals surface area (Å²) in [6.45, 7) is 0. The van der Waals surface area contributed by atoms with Crippen molar-refractivity contribution in [2.75, 3.05) is 0 Å². The van der Waals surface area contributed by atoms with Gasteiger partial charge >= 0.3 is 0 Å². The largest absolute Gasteiger partial charge is 0.309 e. The molecule has 0 fully saturated rings. The van der Waals surface area contributed by atoms with Crippen molar-refractivity contribution in [2.45, 2.75) is 0 Å². The Morgan fingerprint density at radius 3 is 1.93 bits per heavy atom. The maximum atomic E-state index is 5.11. The Balaban J connectivity index is 1.27. The van der Waals surface area contributed by atoms with E-state index in [4.69, 9.17) is 4.98 Å². The summed E-state index contributed by atoms with van der Waals surface area (Å²) >= 11 is 0. The van der Waals surface area contributed by atoms with Crippen molar-refractivity contribution in [3.63, 3.8) is 0 Å². The van der Waals surface area contributed by atoms with E-state index >= 15 is 0 Å². The molecule has 192 valence electrons. The second-order valence-corrected chi connectivity index (χ2v) is 10.2. The van der Waals surface area contributed by atoms with Crippen LogP contribution < -0.4 is 0 Å². The van der Waals surface area contributed by atoms with Gasteiger partial charge in [0.1, 0.15) is 0 Å². The Morgan fingerprint density at radius 1 is 0.439 bits per heavy atom. The summed E-state index contributed by atoms with van der Waals surface area (Å²) in [6, 6.07) is 42.8. The maximum Gasteiger partial charge on any atom is 0.0716 e. The van der Waals surface area contributed by atoms with Gasteiger partial charge in [-0.15, -0.1) is 0 Å². The van der Waals surface area contributed by atoms with Gasteiger partial charge in [-0.25, -0.2) is 4.98 Å². The molecule has 0 amide bonds. The molecule has 0 aliphatic rings. The normalized spacial score (nSPS) is 11.4. The first-order chi connectivity index (χ1) is 20.3. The fourth-order valence-electron chi connectivity index (χ4n) is 5.76. The number of aromatic nitrogens is 4. The van der Waals surface area contributed by atoms with E-state index in [-0.39, 0.29) is 0 Å². The zero-order chi connectivity index (χ0) is 27.2. The minimum absolute atomic E-state index is 0.923. The number of rotatable bonds is 4. The third-order valence-corrected chi connectivity index (χ3v) is 7.78. The van der Waals surface area contributed by atoms with E-state index in [1.54, 1.807) is 0 Å². The minimum atomic E-state index is 0.923. The summed E-state index contributed by atoms with van der Waals surface area (Å²) in [6.07, 6.45) is 7.44. The first kappa shape index (κ1) is 23.3. The molecule has 0 aliphatic heterocycles. The number of hydrogen-bond donors (Lipinski definition) is 0. The van der Waals surface area contributed by atoms with Gasteiger partial charge in [-0.3, -0.25) is 9.97 Å². The number of fused-ring (bicyclic) bond motifs is 4. The third kappa shape index (κ3) is 4.05. The number of para-hydroxylation sites is 1. The summed E-state index contributed by atoms with van der Waals surface area (Å²) in [5.74, 6) is 0. The van der Waals surface area contributed by atoms with Crippen LogP contribution in [0.5, 0.6) is 0 Å². The molecule has 0 N–H and O–H groups in total. The van der Waals surface area contributed by atoms with Gasteiger partial charge in [0.2, 0.25) is 0 Å². The van der Waals surface area contributed by atoms with Gasteiger partial charge < -0.3 is 4.57 Å². The van der Waals surface area contributed by atoms with Crippen molar-refractivity contribution in [1.82, 2.24) is 19.5 Å². The van der Waals surface area contributed by atoms with Gasteiger partial charge in [0.15, 0.2) is 0 Å². The maximum absolute atomic E-state index is 5.11. The average molecular weight is 525 g/mol. The SMILES string of the molecule is c1ccc2cc(-c3cc(-c4ccncc4)nc(-c4ccc(-n5c6ccccc6c6cnccc65)cc4)c3)ccc2c1. The molecule has 8 aromatic rings. The minimum Gasteiger partial charge on any atom is -0.309 e. The molecule has 4 heteroatoms. The first-order valence-corrected chi connectivity index (χ1v) is 13.7. The Morgan fingerprint density at radius 2 is 1.10 bits per heavy atom. The Hall–Kier alpha value is -5.61. The molecule has 4 aromatic carbocycles. The lowest BCUT2D eigenvalue weighted by atomic mass is 9.98. The summed E-state index contributed by atoms with van der Waals surface area (Å²) in [5, 5.41) is 4.81. The van der Waals surface area contributed by atoms with Gasteiger partial charge in [0.05, 0.1) is 22.4 Å². The number of benzene rings is 4. The molecular formula is C37H24N4. The van der Waals surface area contributed by atoms with Crippen molar-refractivity contribution < 1.29 is 0 Å². The first-order valence-electron chi connectivity index (χ1n) is 13.7. The molecule has 8 rings (SSSR count). The van der Waals surface area contributed by atoms with Gasteiger partial charge in [0.25, 0.3) is 0 Å². The van der Waals surface area contributed by atoms with Crippen molar-refractivity contribution >= 4 is 32.6 Å². The van der Waals surface area contributed by atoms with E-state index in [2.05, 4.69) is 124 Å². The Bertz CT molecular complexity index is 2140. The molecule has 0 atom stereocenters. The molecule has 41 heavy (non-hydrogen) atoms. The molecule has 4 aromatic heterocycles. The van der Waals surface area contributed by atoms with Crippen LogP contribution in [0.4, 0.5) is 0 Å². The highest BCUT2D eigenvalue weighted by atomic mass is 15.0. The fraction of sp³-hybridized carbons (Fsp3) is 0. The molecule has 4 nitrogen and oxygen atoms in total. The molecule has 0 aliphatic carbocycles. The molecule has 0 saturated heterocycles. The van der Waals surface area contributed by atoms with Crippen LogP contribution in [0.15, 0.2) is 146 Å². The Labute approximate surface area is 237 Å². The smallest absolute Gasteiger partial charge is 0.0716 e. The summed E-state index contributed by atoms with van der Waals surface area (Å²) in [4.78, 5) is 13.7. The second-order valence-electron chi connectivity index (χ2n) is 10.2. The van der Waals surface area contributed by atoms with E-state index in [9.17, 15) is 0 Å². The molecule has 0 radical (unpaired) electrons. The van der Waals surface area contributed by atoms with Gasteiger partial charge in [-0.2, -0.15) is 0 Å². The highest BCUT2D eigenvalue weighted by Gasteiger charge is 2.13. The number of nitrogens with zero attached hydrogens (tertiary/aromatic N) is 4. The molecular weight excluding hydrogens is 500 g/mol. The predicted octanol–water partition coefficient (Wildman–Crippen LogP) is 9.12. The molecule has 0 saturated carbocycles. The number of hydrogen-bond acceptors (Lipinski definition) is 3. The van der Waals surface area contributed by atoms with Crippen LogP contribution in [0, 0.1) is 0 Å². The van der Waals surface area contributed by atoms with Crippen molar-refractivity contribution in [1.29, 1.82) is 0 Å². The Kier molecular flexibility index (Phi) is 5.42. The molecule has 0 spiro atoms. The summed E-state index contributed by atoms with van der Waals surface area (Å²) in [5.41, 5.74) is 9.67. The lowest BCUT2D eigenvalue weighted by Gasteiger charge is -2.12. The zero-order valence-electron chi connectivity index (χ0n) is 22.1. The fourth-order valence-corrected chi connectivity index (χ4v) is 5.76. The van der Waals surface area contributed by atoms with E-state index in [1.807, 2.05) is 36.9 Å².